The summed E-state index contributed by atoms with van der Waals surface area (Å²) in [6.45, 7) is 0.803. The van der Waals surface area contributed by atoms with Crippen molar-refractivity contribution in [2.75, 3.05) is 6.54 Å². The number of rotatable bonds is 0. The minimum absolute atomic E-state index is 0.0111. The Morgan fingerprint density at radius 2 is 2.20 bits per heavy atom. The molecule has 0 radical (unpaired) electrons. The van der Waals surface area contributed by atoms with E-state index in [-0.39, 0.29) is 12.1 Å². The second-order valence-corrected chi connectivity index (χ2v) is 3.90. The minimum atomic E-state index is 0.0111. The van der Waals surface area contributed by atoms with Gasteiger partial charge < -0.3 is 10.2 Å². The van der Waals surface area contributed by atoms with Crippen LogP contribution in [0.2, 0.25) is 0 Å². The number of urea groups is 1. The predicted octanol–water partition coefficient (Wildman–Crippen LogP) is 1.82. The highest BCUT2D eigenvalue weighted by molar-refractivity contribution is 5.77. The number of nitrogens with zero attached hydrogens (tertiary/aromatic N) is 1. The summed E-state index contributed by atoms with van der Waals surface area (Å²) in [5.41, 5.74) is 2.62. The molecule has 0 fully saturated rings. The quantitative estimate of drug-likeness (QED) is 0.680. The fourth-order valence-electron chi connectivity index (χ4n) is 2.33. The highest BCUT2D eigenvalue weighted by Gasteiger charge is 2.30. The molecule has 15 heavy (non-hydrogen) atoms. The van der Waals surface area contributed by atoms with Gasteiger partial charge in [0.1, 0.15) is 0 Å². The summed E-state index contributed by atoms with van der Waals surface area (Å²) < 4.78 is 0. The Hall–Kier alpha value is -1.77. The first-order valence-electron chi connectivity index (χ1n) is 5.18. The molecule has 1 unspecified atom stereocenters. The molecule has 2 amide bonds. The van der Waals surface area contributed by atoms with E-state index in [9.17, 15) is 4.79 Å². The Morgan fingerprint density at radius 3 is 3.13 bits per heavy atom. The molecule has 1 aromatic carbocycles. The third-order valence-corrected chi connectivity index (χ3v) is 3.08. The van der Waals surface area contributed by atoms with Crippen LogP contribution in [0, 0.1) is 0 Å². The van der Waals surface area contributed by atoms with Gasteiger partial charge in [0.05, 0.1) is 6.04 Å². The molecule has 1 aromatic rings. The van der Waals surface area contributed by atoms with Gasteiger partial charge in [-0.1, -0.05) is 24.3 Å². The summed E-state index contributed by atoms with van der Waals surface area (Å²) in [4.78, 5) is 13.5. The zero-order valence-corrected chi connectivity index (χ0v) is 8.31. The van der Waals surface area contributed by atoms with Crippen molar-refractivity contribution < 1.29 is 4.79 Å². The summed E-state index contributed by atoms with van der Waals surface area (Å²) in [6.07, 6.45) is 4.74. The monoisotopic (exact) mass is 200 g/mol. The minimum Gasteiger partial charge on any atom is -0.315 e. The average molecular weight is 200 g/mol. The van der Waals surface area contributed by atoms with E-state index < -0.39 is 0 Å². The number of carbonyl (C=O) groups excluding carboxylic acids is 1. The number of amides is 2. The summed E-state index contributed by atoms with van der Waals surface area (Å²) in [7, 11) is 0. The maximum atomic E-state index is 11.6. The lowest BCUT2D eigenvalue weighted by atomic mass is 9.92. The highest BCUT2D eigenvalue weighted by Crippen LogP contribution is 2.31. The van der Waals surface area contributed by atoms with Crippen LogP contribution in [0.15, 0.2) is 36.5 Å². The van der Waals surface area contributed by atoms with Gasteiger partial charge in [-0.2, -0.15) is 0 Å². The molecule has 0 bridgehead atoms. The molecule has 2 heterocycles. The summed E-state index contributed by atoms with van der Waals surface area (Å²) in [5.74, 6) is 0. The lowest BCUT2D eigenvalue weighted by molar-refractivity contribution is 0.181. The molecular formula is C12H12N2O. The fraction of sp³-hybridized carbons (Fsp3) is 0.250. The molecule has 3 nitrogen and oxygen atoms in total. The van der Waals surface area contributed by atoms with Crippen molar-refractivity contribution >= 4 is 6.03 Å². The van der Waals surface area contributed by atoms with Crippen LogP contribution in [-0.4, -0.2) is 17.5 Å². The van der Waals surface area contributed by atoms with Crippen molar-refractivity contribution in [3.8, 4) is 0 Å². The second kappa shape index (κ2) is 3.12. The number of fused-ring (bicyclic) bond motifs is 3. The van der Waals surface area contributed by atoms with Gasteiger partial charge in [0, 0.05) is 12.7 Å². The maximum Gasteiger partial charge on any atom is 0.322 e. The summed E-state index contributed by atoms with van der Waals surface area (Å²) in [6, 6.07) is 8.48. The van der Waals surface area contributed by atoms with Gasteiger partial charge in [0.2, 0.25) is 0 Å². The van der Waals surface area contributed by atoms with E-state index in [0.717, 1.165) is 13.0 Å². The molecule has 76 valence electrons. The van der Waals surface area contributed by atoms with Gasteiger partial charge in [-0.25, -0.2) is 4.79 Å². The number of carbonyl (C=O) groups is 1. The fourth-order valence-corrected chi connectivity index (χ4v) is 2.33. The first-order chi connectivity index (χ1) is 7.36. The Bertz CT molecular complexity index is 439. The molecule has 2 aliphatic heterocycles. The van der Waals surface area contributed by atoms with Gasteiger partial charge in [-0.05, 0) is 23.6 Å². The number of hydrogen-bond donors (Lipinski definition) is 1. The van der Waals surface area contributed by atoms with Gasteiger partial charge >= 0.3 is 6.03 Å². The van der Waals surface area contributed by atoms with Crippen LogP contribution in [0.5, 0.6) is 0 Å². The summed E-state index contributed by atoms with van der Waals surface area (Å²) in [5, 5.41) is 2.72. The third kappa shape index (κ3) is 1.23. The molecular weight excluding hydrogens is 188 g/mol. The molecule has 1 atom stereocenters. The van der Waals surface area contributed by atoms with Gasteiger partial charge in [0.15, 0.2) is 0 Å². The maximum absolute atomic E-state index is 11.6. The lowest BCUT2D eigenvalue weighted by Gasteiger charge is -2.37. The van der Waals surface area contributed by atoms with Crippen LogP contribution in [0.4, 0.5) is 4.79 Å². The normalized spacial score (nSPS) is 23.1. The molecule has 0 aromatic heterocycles. The van der Waals surface area contributed by atoms with E-state index in [2.05, 4.69) is 23.5 Å². The molecule has 1 N–H and O–H groups in total. The first-order valence-corrected chi connectivity index (χ1v) is 5.18. The zero-order valence-electron chi connectivity index (χ0n) is 8.31. The Kier molecular flexibility index (Phi) is 1.78. The number of hydrogen-bond acceptors (Lipinski definition) is 1. The van der Waals surface area contributed by atoms with E-state index in [4.69, 9.17) is 0 Å². The Balaban J connectivity index is 2.09. The van der Waals surface area contributed by atoms with Crippen molar-refractivity contribution in [3.05, 3.63) is 47.7 Å². The van der Waals surface area contributed by atoms with E-state index in [0.29, 0.717) is 0 Å². The largest absolute Gasteiger partial charge is 0.322 e. The first kappa shape index (κ1) is 8.53. The van der Waals surface area contributed by atoms with E-state index in [1.807, 2.05) is 17.0 Å². The standard InChI is InChI=1S/C12H12N2O/c15-12-13-7-5-11-10-4-2-1-3-9(10)6-8-14(11)12/h1-5,7,11H,6,8H2,(H,13,15). The zero-order chi connectivity index (χ0) is 10.3. The SMILES string of the molecule is O=C1NC=CC2c3ccccc3CCN12. The topological polar surface area (TPSA) is 32.3 Å². The summed E-state index contributed by atoms with van der Waals surface area (Å²) >= 11 is 0. The highest BCUT2D eigenvalue weighted by atomic mass is 16.2. The van der Waals surface area contributed by atoms with Crippen LogP contribution < -0.4 is 5.32 Å². The van der Waals surface area contributed by atoms with Crippen LogP contribution >= 0.6 is 0 Å². The molecule has 0 aliphatic carbocycles. The Morgan fingerprint density at radius 1 is 1.33 bits per heavy atom. The van der Waals surface area contributed by atoms with Crippen LogP contribution in [0.1, 0.15) is 17.2 Å². The molecule has 3 rings (SSSR count). The molecule has 0 saturated heterocycles. The van der Waals surface area contributed by atoms with E-state index in [1.54, 1.807) is 6.20 Å². The van der Waals surface area contributed by atoms with Crippen LogP contribution in [-0.2, 0) is 6.42 Å². The van der Waals surface area contributed by atoms with Crippen LogP contribution in [0.25, 0.3) is 0 Å². The second-order valence-electron chi connectivity index (χ2n) is 3.90. The molecule has 3 heteroatoms. The van der Waals surface area contributed by atoms with Gasteiger partial charge in [-0.3, -0.25) is 0 Å². The smallest absolute Gasteiger partial charge is 0.315 e. The van der Waals surface area contributed by atoms with Gasteiger partial charge in [-0.15, -0.1) is 0 Å². The predicted molar refractivity (Wildman–Crippen MR) is 57.3 cm³/mol. The Labute approximate surface area is 88.4 Å². The van der Waals surface area contributed by atoms with Crippen LogP contribution in [0.3, 0.4) is 0 Å². The van der Waals surface area contributed by atoms with Crippen molar-refractivity contribution in [1.82, 2.24) is 10.2 Å². The van der Waals surface area contributed by atoms with Crippen molar-refractivity contribution in [2.24, 2.45) is 0 Å². The van der Waals surface area contributed by atoms with Crippen molar-refractivity contribution in [1.29, 1.82) is 0 Å². The third-order valence-electron chi connectivity index (χ3n) is 3.08. The lowest BCUT2D eigenvalue weighted by Crippen LogP contribution is -2.46. The molecule has 0 saturated carbocycles. The van der Waals surface area contributed by atoms with Gasteiger partial charge in [0.25, 0.3) is 0 Å². The van der Waals surface area contributed by atoms with Crippen molar-refractivity contribution in [3.63, 3.8) is 0 Å². The average Bonchev–Trinajstić information content (AvgIpc) is 2.29. The van der Waals surface area contributed by atoms with E-state index >= 15 is 0 Å². The van der Waals surface area contributed by atoms with Crippen molar-refractivity contribution in [2.45, 2.75) is 12.5 Å². The number of nitrogens with one attached hydrogen (secondary N) is 1. The molecule has 2 aliphatic rings. The number of benzene rings is 1. The van der Waals surface area contributed by atoms with E-state index in [1.165, 1.54) is 11.1 Å². The molecule has 0 spiro atoms.